The third-order valence-electron chi connectivity index (χ3n) is 4.07. The lowest BCUT2D eigenvalue weighted by molar-refractivity contribution is 0.166. The predicted octanol–water partition coefficient (Wildman–Crippen LogP) is 2.63. The van der Waals surface area contributed by atoms with Crippen LogP contribution in [0.25, 0.3) is 0 Å². The van der Waals surface area contributed by atoms with Crippen LogP contribution >= 0.6 is 0 Å². The minimum atomic E-state index is 0.706. The monoisotopic (exact) mass is 282 g/mol. The summed E-state index contributed by atoms with van der Waals surface area (Å²) in [5.74, 6) is 0.706. The van der Waals surface area contributed by atoms with Gasteiger partial charge in [-0.05, 0) is 50.8 Å². The van der Waals surface area contributed by atoms with Crippen LogP contribution in [0.1, 0.15) is 29.8 Å². The molecule has 1 saturated heterocycles. The SMILES string of the molecule is Cc1cccc(CC2CCCN(Cc3cncnc3)C2)n1. The second kappa shape index (κ2) is 6.76. The highest BCUT2D eigenvalue weighted by Crippen LogP contribution is 2.21. The molecule has 110 valence electrons. The van der Waals surface area contributed by atoms with Crippen molar-refractivity contribution < 1.29 is 0 Å². The highest BCUT2D eigenvalue weighted by atomic mass is 15.1. The van der Waals surface area contributed by atoms with Gasteiger partial charge in [0.1, 0.15) is 6.33 Å². The second-order valence-corrected chi connectivity index (χ2v) is 5.96. The Morgan fingerprint density at radius 2 is 2.10 bits per heavy atom. The molecule has 1 aliphatic heterocycles. The summed E-state index contributed by atoms with van der Waals surface area (Å²) in [6.45, 7) is 5.34. The molecule has 0 aliphatic carbocycles. The molecule has 2 aromatic rings. The molecule has 0 spiro atoms. The largest absolute Gasteiger partial charge is 0.299 e. The number of hydrogen-bond donors (Lipinski definition) is 0. The summed E-state index contributed by atoms with van der Waals surface area (Å²) in [6.07, 6.45) is 9.08. The molecule has 1 fully saturated rings. The maximum absolute atomic E-state index is 4.64. The Labute approximate surface area is 126 Å². The van der Waals surface area contributed by atoms with Gasteiger partial charge in [-0.15, -0.1) is 0 Å². The molecule has 2 aromatic heterocycles. The van der Waals surface area contributed by atoms with Crippen molar-refractivity contribution in [2.24, 2.45) is 5.92 Å². The van der Waals surface area contributed by atoms with Crippen molar-refractivity contribution >= 4 is 0 Å². The molecule has 4 heteroatoms. The minimum Gasteiger partial charge on any atom is -0.299 e. The fourth-order valence-electron chi connectivity index (χ4n) is 3.14. The van der Waals surface area contributed by atoms with Crippen LogP contribution in [-0.4, -0.2) is 32.9 Å². The van der Waals surface area contributed by atoms with Gasteiger partial charge in [0.15, 0.2) is 0 Å². The van der Waals surface area contributed by atoms with E-state index >= 15 is 0 Å². The van der Waals surface area contributed by atoms with Crippen LogP contribution in [0.15, 0.2) is 36.9 Å². The van der Waals surface area contributed by atoms with E-state index in [-0.39, 0.29) is 0 Å². The van der Waals surface area contributed by atoms with Crippen LogP contribution in [0.4, 0.5) is 0 Å². The van der Waals surface area contributed by atoms with E-state index in [1.54, 1.807) is 6.33 Å². The van der Waals surface area contributed by atoms with Gasteiger partial charge in [-0.2, -0.15) is 0 Å². The van der Waals surface area contributed by atoms with Crippen LogP contribution in [0.5, 0.6) is 0 Å². The van der Waals surface area contributed by atoms with Crippen LogP contribution < -0.4 is 0 Å². The van der Waals surface area contributed by atoms with E-state index in [1.807, 2.05) is 12.4 Å². The van der Waals surface area contributed by atoms with E-state index < -0.39 is 0 Å². The lowest BCUT2D eigenvalue weighted by atomic mass is 9.93. The number of likely N-dealkylation sites (tertiary alicyclic amines) is 1. The lowest BCUT2D eigenvalue weighted by Crippen LogP contribution is -2.35. The molecule has 1 unspecified atom stereocenters. The summed E-state index contributed by atoms with van der Waals surface area (Å²) in [5.41, 5.74) is 3.54. The smallest absolute Gasteiger partial charge is 0.115 e. The summed E-state index contributed by atoms with van der Waals surface area (Å²) >= 11 is 0. The molecule has 0 amide bonds. The molecular weight excluding hydrogens is 260 g/mol. The Morgan fingerprint density at radius 1 is 1.24 bits per heavy atom. The van der Waals surface area contributed by atoms with Gasteiger partial charge in [-0.1, -0.05) is 6.07 Å². The third-order valence-corrected chi connectivity index (χ3v) is 4.07. The summed E-state index contributed by atoms with van der Waals surface area (Å²) < 4.78 is 0. The summed E-state index contributed by atoms with van der Waals surface area (Å²) in [4.78, 5) is 15.4. The van der Waals surface area contributed by atoms with Gasteiger partial charge in [0, 0.05) is 42.4 Å². The van der Waals surface area contributed by atoms with Gasteiger partial charge in [-0.25, -0.2) is 9.97 Å². The first kappa shape index (κ1) is 14.1. The second-order valence-electron chi connectivity index (χ2n) is 5.96. The van der Waals surface area contributed by atoms with Gasteiger partial charge in [0.2, 0.25) is 0 Å². The highest BCUT2D eigenvalue weighted by Gasteiger charge is 2.20. The van der Waals surface area contributed by atoms with Gasteiger partial charge in [-0.3, -0.25) is 9.88 Å². The maximum atomic E-state index is 4.64. The zero-order chi connectivity index (χ0) is 14.5. The molecule has 0 saturated carbocycles. The van der Waals surface area contributed by atoms with Crippen LogP contribution in [0.3, 0.4) is 0 Å². The molecule has 0 N–H and O–H groups in total. The number of aryl methyl sites for hydroxylation is 1. The average molecular weight is 282 g/mol. The van der Waals surface area contributed by atoms with E-state index in [2.05, 4.69) is 45.0 Å². The van der Waals surface area contributed by atoms with Crippen molar-refractivity contribution in [2.45, 2.75) is 32.7 Å². The standard InChI is InChI=1S/C17H22N4/c1-14-4-2-6-17(20-14)8-15-5-3-7-21(11-15)12-16-9-18-13-19-10-16/h2,4,6,9-10,13,15H,3,5,7-8,11-12H2,1H3. The zero-order valence-electron chi connectivity index (χ0n) is 12.6. The molecule has 0 bridgehead atoms. The zero-order valence-corrected chi connectivity index (χ0v) is 12.6. The molecule has 4 nitrogen and oxygen atoms in total. The Hall–Kier alpha value is -1.81. The van der Waals surface area contributed by atoms with Gasteiger partial charge < -0.3 is 0 Å². The number of piperidine rings is 1. The molecule has 21 heavy (non-hydrogen) atoms. The van der Waals surface area contributed by atoms with E-state index in [4.69, 9.17) is 0 Å². The molecule has 1 atom stereocenters. The fraction of sp³-hybridized carbons (Fsp3) is 0.471. The first-order valence-electron chi connectivity index (χ1n) is 7.68. The first-order valence-corrected chi connectivity index (χ1v) is 7.68. The molecule has 3 rings (SSSR count). The van der Waals surface area contributed by atoms with E-state index in [9.17, 15) is 0 Å². The Kier molecular flexibility index (Phi) is 4.55. The van der Waals surface area contributed by atoms with Crippen LogP contribution in [0.2, 0.25) is 0 Å². The van der Waals surface area contributed by atoms with Crippen molar-refractivity contribution in [3.05, 3.63) is 53.9 Å². The quantitative estimate of drug-likeness (QED) is 0.864. The molecule has 3 heterocycles. The molecule has 1 aliphatic rings. The first-order chi connectivity index (χ1) is 10.3. The van der Waals surface area contributed by atoms with Crippen molar-refractivity contribution in [2.75, 3.05) is 13.1 Å². The van der Waals surface area contributed by atoms with Crippen molar-refractivity contribution in [3.63, 3.8) is 0 Å². The van der Waals surface area contributed by atoms with Crippen molar-refractivity contribution in [3.8, 4) is 0 Å². The summed E-state index contributed by atoms with van der Waals surface area (Å²) in [7, 11) is 0. The fourth-order valence-corrected chi connectivity index (χ4v) is 3.14. The normalized spacial score (nSPS) is 19.6. The average Bonchev–Trinajstić information content (AvgIpc) is 2.49. The van der Waals surface area contributed by atoms with Gasteiger partial charge in [0.05, 0.1) is 0 Å². The van der Waals surface area contributed by atoms with E-state index in [0.29, 0.717) is 5.92 Å². The lowest BCUT2D eigenvalue weighted by Gasteiger charge is -2.32. The Morgan fingerprint density at radius 3 is 2.90 bits per heavy atom. The number of hydrogen-bond acceptors (Lipinski definition) is 4. The number of pyridine rings is 1. The van der Waals surface area contributed by atoms with Crippen molar-refractivity contribution in [1.29, 1.82) is 0 Å². The van der Waals surface area contributed by atoms with E-state index in [0.717, 1.165) is 25.2 Å². The number of nitrogens with zero attached hydrogens (tertiary/aromatic N) is 4. The highest BCUT2D eigenvalue weighted by molar-refractivity contribution is 5.11. The van der Waals surface area contributed by atoms with Crippen LogP contribution in [-0.2, 0) is 13.0 Å². The van der Waals surface area contributed by atoms with Crippen LogP contribution in [0, 0.1) is 12.8 Å². The number of aromatic nitrogens is 3. The topological polar surface area (TPSA) is 41.9 Å². The minimum absolute atomic E-state index is 0.706. The Balaban J connectivity index is 1.58. The Bertz CT molecular complexity index is 570. The molecular formula is C17H22N4. The van der Waals surface area contributed by atoms with Gasteiger partial charge in [0.25, 0.3) is 0 Å². The predicted molar refractivity (Wildman–Crippen MR) is 82.7 cm³/mol. The van der Waals surface area contributed by atoms with Gasteiger partial charge >= 0.3 is 0 Å². The van der Waals surface area contributed by atoms with E-state index in [1.165, 1.54) is 30.6 Å². The summed E-state index contributed by atoms with van der Waals surface area (Å²) in [5, 5.41) is 0. The van der Waals surface area contributed by atoms with Crippen molar-refractivity contribution in [1.82, 2.24) is 19.9 Å². The summed E-state index contributed by atoms with van der Waals surface area (Å²) in [6, 6.07) is 6.32. The maximum Gasteiger partial charge on any atom is 0.115 e. The molecule has 0 radical (unpaired) electrons. The molecule has 0 aromatic carbocycles. The number of rotatable bonds is 4. The third kappa shape index (κ3) is 4.08.